The lowest BCUT2D eigenvalue weighted by Crippen LogP contribution is -2.35. The second-order valence-corrected chi connectivity index (χ2v) is 5.54. The number of fused-ring (bicyclic) bond motifs is 1. The van der Waals surface area contributed by atoms with Gasteiger partial charge in [-0.15, -0.1) is 0 Å². The molecule has 1 aliphatic heterocycles. The first-order valence-corrected chi connectivity index (χ1v) is 8.02. The number of rotatable bonds is 7. The molecule has 3 rings (SSSR count). The fourth-order valence-electron chi connectivity index (χ4n) is 2.57. The third kappa shape index (κ3) is 3.69. The van der Waals surface area contributed by atoms with Gasteiger partial charge in [-0.2, -0.15) is 0 Å². The lowest BCUT2D eigenvalue weighted by atomic mass is 10.1. The Labute approximate surface area is 156 Å². The van der Waals surface area contributed by atoms with Gasteiger partial charge in [0.15, 0.2) is 23.0 Å². The molecule has 0 spiro atoms. The van der Waals surface area contributed by atoms with Crippen LogP contribution in [0.4, 0.5) is 0 Å². The van der Waals surface area contributed by atoms with Gasteiger partial charge in [0.1, 0.15) is 0 Å². The highest BCUT2D eigenvalue weighted by atomic mass is 16.7. The van der Waals surface area contributed by atoms with Crippen molar-refractivity contribution >= 4 is 11.6 Å². The molecule has 2 aromatic carbocycles. The largest absolute Gasteiger partial charge is 0.493 e. The summed E-state index contributed by atoms with van der Waals surface area (Å²) in [5.41, 5.74) is 6.96. The summed E-state index contributed by atoms with van der Waals surface area (Å²) in [5.74, 6) is 2.10. The number of methoxy groups -OCH3 is 3. The zero-order valence-corrected chi connectivity index (χ0v) is 15.3. The highest BCUT2D eigenvalue weighted by Crippen LogP contribution is 2.38. The van der Waals surface area contributed by atoms with Crippen molar-refractivity contribution in [2.24, 2.45) is 0 Å². The Morgan fingerprint density at radius 3 is 2.22 bits per heavy atom. The summed E-state index contributed by atoms with van der Waals surface area (Å²) in [6.07, 6.45) is 0. The van der Waals surface area contributed by atoms with E-state index in [0.717, 1.165) is 5.56 Å². The predicted octanol–water partition coefficient (Wildman–Crippen LogP) is 2.35. The van der Waals surface area contributed by atoms with Crippen LogP contribution < -0.4 is 34.5 Å². The van der Waals surface area contributed by atoms with E-state index in [1.807, 2.05) is 6.07 Å². The molecule has 0 saturated carbocycles. The number of hydrogen-bond donors (Lipinski definition) is 2. The summed E-state index contributed by atoms with van der Waals surface area (Å²) < 4.78 is 26.4. The third-order valence-electron chi connectivity index (χ3n) is 3.97. The first kappa shape index (κ1) is 18.2. The fraction of sp³-hybridized carbons (Fsp3) is 0.211. The highest BCUT2D eigenvalue weighted by Gasteiger charge is 2.18. The summed E-state index contributed by atoms with van der Waals surface area (Å²) in [7, 11) is 4.47. The van der Waals surface area contributed by atoms with Crippen LogP contribution in [0.1, 0.15) is 15.9 Å². The van der Waals surface area contributed by atoms with Crippen LogP contribution in [0.2, 0.25) is 0 Å². The first-order chi connectivity index (χ1) is 13.1. The zero-order valence-electron chi connectivity index (χ0n) is 15.3. The monoisotopic (exact) mass is 372 g/mol. The number of carbonyl (C=O) groups is 1. The van der Waals surface area contributed by atoms with Gasteiger partial charge < -0.3 is 23.7 Å². The summed E-state index contributed by atoms with van der Waals surface area (Å²) in [6, 6.07) is 8.49. The van der Waals surface area contributed by atoms with Gasteiger partial charge in [0.05, 0.1) is 27.0 Å². The molecule has 1 aliphatic rings. The quantitative estimate of drug-likeness (QED) is 0.722. The smallest absolute Gasteiger partial charge is 0.269 e. The van der Waals surface area contributed by atoms with E-state index >= 15 is 0 Å². The van der Waals surface area contributed by atoms with E-state index in [1.54, 1.807) is 24.3 Å². The molecule has 0 atom stereocenters. The molecular formula is C19H20N2O6. The molecule has 0 unspecified atom stereocenters. The lowest BCUT2D eigenvalue weighted by Gasteiger charge is -2.15. The molecule has 1 amide bonds. The second kappa shape index (κ2) is 7.77. The Hall–Kier alpha value is -3.55. The number of hydrazine groups is 1. The first-order valence-electron chi connectivity index (χ1n) is 8.02. The standard InChI is InChI=1S/C19H20N2O6/c1-11(12-5-6-14-15(7-12)27-10-26-14)20-21-19(22)13-8-16(23-2)18(25-4)17(9-13)24-3/h5-9,20H,1,10H2,2-4H3,(H,21,22). The minimum absolute atomic E-state index is 0.191. The van der Waals surface area contributed by atoms with Gasteiger partial charge in [-0.25, -0.2) is 0 Å². The second-order valence-electron chi connectivity index (χ2n) is 5.54. The lowest BCUT2D eigenvalue weighted by molar-refractivity contribution is 0.0941. The maximum Gasteiger partial charge on any atom is 0.269 e. The van der Waals surface area contributed by atoms with Crippen LogP contribution >= 0.6 is 0 Å². The van der Waals surface area contributed by atoms with E-state index in [4.69, 9.17) is 23.7 Å². The average molecular weight is 372 g/mol. The Morgan fingerprint density at radius 2 is 1.59 bits per heavy atom. The fourth-order valence-corrected chi connectivity index (χ4v) is 2.57. The minimum atomic E-state index is -0.392. The van der Waals surface area contributed by atoms with Gasteiger partial charge >= 0.3 is 0 Å². The number of hydrogen-bond acceptors (Lipinski definition) is 7. The average Bonchev–Trinajstić information content (AvgIpc) is 3.18. The molecular weight excluding hydrogens is 352 g/mol. The molecule has 2 aromatic rings. The number of ether oxygens (including phenoxy) is 5. The molecule has 0 saturated heterocycles. The van der Waals surface area contributed by atoms with Crippen LogP contribution in [-0.2, 0) is 0 Å². The maximum absolute atomic E-state index is 12.5. The van der Waals surface area contributed by atoms with Crippen molar-refractivity contribution in [3.63, 3.8) is 0 Å². The van der Waals surface area contributed by atoms with Crippen molar-refractivity contribution in [3.05, 3.63) is 48.0 Å². The Balaban J connectivity index is 1.71. The molecule has 2 N–H and O–H groups in total. The van der Waals surface area contributed by atoms with Gasteiger partial charge in [0, 0.05) is 11.1 Å². The van der Waals surface area contributed by atoms with Crippen LogP contribution in [0.25, 0.3) is 5.70 Å². The topological polar surface area (TPSA) is 87.3 Å². The predicted molar refractivity (Wildman–Crippen MR) is 98.3 cm³/mol. The number of carbonyl (C=O) groups excluding carboxylic acids is 1. The van der Waals surface area contributed by atoms with Crippen molar-refractivity contribution in [2.45, 2.75) is 0 Å². The van der Waals surface area contributed by atoms with Crippen LogP contribution in [0.15, 0.2) is 36.9 Å². The molecule has 0 bridgehead atoms. The Morgan fingerprint density at radius 1 is 0.926 bits per heavy atom. The van der Waals surface area contributed by atoms with Crippen molar-refractivity contribution in [1.82, 2.24) is 10.9 Å². The van der Waals surface area contributed by atoms with Crippen LogP contribution in [0, 0.1) is 0 Å². The molecule has 8 nitrogen and oxygen atoms in total. The summed E-state index contributed by atoms with van der Waals surface area (Å²) in [5, 5.41) is 0. The maximum atomic E-state index is 12.5. The molecule has 27 heavy (non-hydrogen) atoms. The van der Waals surface area contributed by atoms with E-state index < -0.39 is 5.91 Å². The van der Waals surface area contributed by atoms with Crippen LogP contribution in [0.5, 0.6) is 28.7 Å². The SMILES string of the molecule is C=C(NNC(=O)c1cc(OC)c(OC)c(OC)c1)c1ccc2c(c1)OCO2. The van der Waals surface area contributed by atoms with Crippen molar-refractivity contribution in [2.75, 3.05) is 28.1 Å². The normalized spacial score (nSPS) is 11.5. The van der Waals surface area contributed by atoms with Gasteiger partial charge in [-0.05, 0) is 30.3 Å². The van der Waals surface area contributed by atoms with E-state index in [1.165, 1.54) is 21.3 Å². The van der Waals surface area contributed by atoms with Gasteiger partial charge in [0.25, 0.3) is 5.91 Å². The van der Waals surface area contributed by atoms with Crippen LogP contribution in [-0.4, -0.2) is 34.0 Å². The molecule has 0 aromatic heterocycles. The third-order valence-corrected chi connectivity index (χ3v) is 3.97. The van der Waals surface area contributed by atoms with E-state index in [2.05, 4.69) is 17.4 Å². The molecule has 0 fully saturated rings. The number of benzene rings is 2. The van der Waals surface area contributed by atoms with E-state index in [-0.39, 0.29) is 6.79 Å². The van der Waals surface area contributed by atoms with Crippen molar-refractivity contribution in [3.8, 4) is 28.7 Å². The van der Waals surface area contributed by atoms with Gasteiger partial charge in [0.2, 0.25) is 12.5 Å². The number of amides is 1. The highest BCUT2D eigenvalue weighted by molar-refractivity contribution is 5.95. The minimum Gasteiger partial charge on any atom is -0.493 e. The summed E-state index contributed by atoms with van der Waals surface area (Å²) in [6.45, 7) is 4.11. The van der Waals surface area contributed by atoms with Crippen LogP contribution in [0.3, 0.4) is 0 Å². The molecule has 1 heterocycles. The summed E-state index contributed by atoms with van der Waals surface area (Å²) >= 11 is 0. The van der Waals surface area contributed by atoms with E-state index in [0.29, 0.717) is 40.0 Å². The molecule has 142 valence electrons. The number of nitrogens with one attached hydrogen (secondary N) is 2. The van der Waals surface area contributed by atoms with Crippen molar-refractivity contribution in [1.29, 1.82) is 0 Å². The van der Waals surface area contributed by atoms with E-state index in [9.17, 15) is 4.79 Å². The van der Waals surface area contributed by atoms with Gasteiger partial charge in [-0.3, -0.25) is 15.6 Å². The Kier molecular flexibility index (Phi) is 5.25. The summed E-state index contributed by atoms with van der Waals surface area (Å²) in [4.78, 5) is 12.5. The Bertz CT molecular complexity index is 855. The molecule has 0 aliphatic carbocycles. The zero-order chi connectivity index (χ0) is 19.4. The van der Waals surface area contributed by atoms with Gasteiger partial charge in [-0.1, -0.05) is 6.58 Å². The van der Waals surface area contributed by atoms with Crippen molar-refractivity contribution < 1.29 is 28.5 Å². The molecule has 8 heteroatoms. The molecule has 0 radical (unpaired) electrons.